The lowest BCUT2D eigenvalue weighted by Crippen LogP contribution is -2.43. The molecule has 0 bridgehead atoms. The van der Waals surface area contributed by atoms with Crippen molar-refractivity contribution in [3.8, 4) is 0 Å². The molecule has 1 aromatic heterocycles. The first kappa shape index (κ1) is 12.8. The maximum Gasteiger partial charge on any atom is 0.265 e. The summed E-state index contributed by atoms with van der Waals surface area (Å²) >= 11 is 7.70. The summed E-state index contributed by atoms with van der Waals surface area (Å²) in [6, 6.07) is 0. The first-order valence-electron chi connectivity index (χ1n) is 5.86. The number of halogens is 1. The average Bonchev–Trinajstić information content (AvgIpc) is 2.61. The number of thiazole rings is 1. The summed E-state index contributed by atoms with van der Waals surface area (Å²) in [6.07, 6.45) is 0.983. The molecule has 0 N–H and O–H groups in total. The molecule has 1 amide bonds. The fourth-order valence-corrected chi connectivity index (χ4v) is 3.26. The first-order valence-corrected chi connectivity index (χ1v) is 7.11. The van der Waals surface area contributed by atoms with Gasteiger partial charge >= 0.3 is 0 Å². The van der Waals surface area contributed by atoms with E-state index in [0.29, 0.717) is 12.5 Å². The van der Waals surface area contributed by atoms with Crippen molar-refractivity contribution in [2.24, 2.45) is 5.92 Å². The van der Waals surface area contributed by atoms with E-state index in [2.05, 4.69) is 11.9 Å². The van der Waals surface area contributed by atoms with E-state index in [4.69, 9.17) is 11.6 Å². The number of carbonyl (C=O) groups is 1. The van der Waals surface area contributed by atoms with Gasteiger partial charge in [0, 0.05) is 13.1 Å². The van der Waals surface area contributed by atoms with Gasteiger partial charge in [0.25, 0.3) is 5.91 Å². The van der Waals surface area contributed by atoms with Crippen molar-refractivity contribution in [2.45, 2.75) is 32.6 Å². The Balaban J connectivity index is 2.13. The summed E-state index contributed by atoms with van der Waals surface area (Å²) in [6.45, 7) is 7.41. The third-order valence-corrected chi connectivity index (χ3v) is 4.88. The molecule has 2 atom stereocenters. The van der Waals surface area contributed by atoms with Gasteiger partial charge in [0.05, 0.1) is 16.1 Å². The fraction of sp³-hybridized carbons (Fsp3) is 0.667. The molecule has 3 nitrogen and oxygen atoms in total. The monoisotopic (exact) mass is 272 g/mol. The third kappa shape index (κ3) is 2.63. The number of hydrogen-bond acceptors (Lipinski definition) is 3. The Bertz CT molecular complexity index is 432. The number of nitrogens with zero attached hydrogens (tertiary/aromatic N) is 2. The van der Waals surface area contributed by atoms with E-state index < -0.39 is 0 Å². The molecule has 0 aromatic carbocycles. The highest BCUT2D eigenvalue weighted by Crippen LogP contribution is 2.25. The average molecular weight is 273 g/mol. The predicted octanol–water partition coefficient (Wildman–Crippen LogP) is 2.85. The number of hydrogen-bond donors (Lipinski definition) is 0. The van der Waals surface area contributed by atoms with Crippen LogP contribution in [0.4, 0.5) is 0 Å². The van der Waals surface area contributed by atoms with E-state index in [1.807, 2.05) is 18.7 Å². The Morgan fingerprint density at radius 1 is 1.53 bits per heavy atom. The number of aromatic nitrogens is 1. The van der Waals surface area contributed by atoms with E-state index in [1.165, 1.54) is 11.3 Å². The first-order chi connectivity index (χ1) is 7.99. The maximum absolute atomic E-state index is 12.3. The summed E-state index contributed by atoms with van der Waals surface area (Å²) in [7, 11) is 0. The maximum atomic E-state index is 12.3. The number of aryl methyl sites for hydroxylation is 2. The number of likely N-dealkylation sites (tertiary alicyclic amines) is 1. The zero-order valence-electron chi connectivity index (χ0n) is 10.4. The smallest absolute Gasteiger partial charge is 0.265 e. The van der Waals surface area contributed by atoms with Crippen LogP contribution in [0.5, 0.6) is 0 Å². The van der Waals surface area contributed by atoms with Crippen molar-refractivity contribution in [2.75, 3.05) is 13.1 Å². The Morgan fingerprint density at radius 2 is 2.24 bits per heavy atom. The molecule has 94 valence electrons. The molecule has 1 aliphatic heterocycles. The summed E-state index contributed by atoms with van der Waals surface area (Å²) in [5, 5.41) is 1.01. The third-order valence-electron chi connectivity index (χ3n) is 3.25. The normalized spacial score (nSPS) is 25.1. The summed E-state index contributed by atoms with van der Waals surface area (Å²) < 4.78 is 0. The van der Waals surface area contributed by atoms with Crippen LogP contribution >= 0.6 is 22.9 Å². The van der Waals surface area contributed by atoms with Gasteiger partial charge in [-0.15, -0.1) is 22.9 Å². The van der Waals surface area contributed by atoms with Crippen LogP contribution in [0.1, 0.15) is 33.7 Å². The Kier molecular flexibility index (Phi) is 3.73. The van der Waals surface area contributed by atoms with E-state index in [9.17, 15) is 4.79 Å². The van der Waals surface area contributed by atoms with Gasteiger partial charge in [0.15, 0.2) is 0 Å². The molecule has 5 heteroatoms. The number of alkyl halides is 1. The molecule has 2 unspecified atom stereocenters. The van der Waals surface area contributed by atoms with Crippen LogP contribution in [0.15, 0.2) is 0 Å². The van der Waals surface area contributed by atoms with Gasteiger partial charge in [-0.05, 0) is 26.2 Å². The van der Waals surface area contributed by atoms with Gasteiger partial charge in [-0.3, -0.25) is 4.79 Å². The standard InChI is InChI=1S/C12H17ClN2OS/c1-7-4-5-15(6-10(7)13)12(16)11-8(2)14-9(3)17-11/h7,10H,4-6H2,1-3H3. The summed E-state index contributed by atoms with van der Waals surface area (Å²) in [4.78, 5) is 19.2. The van der Waals surface area contributed by atoms with Crippen molar-refractivity contribution in [3.63, 3.8) is 0 Å². The molecule has 0 radical (unpaired) electrons. The second kappa shape index (κ2) is 4.94. The van der Waals surface area contributed by atoms with Crippen LogP contribution in [0.2, 0.25) is 0 Å². The lowest BCUT2D eigenvalue weighted by atomic mass is 9.98. The summed E-state index contributed by atoms with van der Waals surface area (Å²) in [5.74, 6) is 0.579. The second-order valence-corrected chi connectivity index (χ2v) is 6.44. The van der Waals surface area contributed by atoms with Crippen LogP contribution in [-0.2, 0) is 0 Å². The molecule has 1 aromatic rings. The molecule has 17 heavy (non-hydrogen) atoms. The van der Waals surface area contributed by atoms with Crippen molar-refractivity contribution < 1.29 is 4.79 Å². The van der Waals surface area contributed by atoms with E-state index >= 15 is 0 Å². The van der Waals surface area contributed by atoms with E-state index in [0.717, 1.165) is 28.5 Å². The zero-order chi connectivity index (χ0) is 12.6. The topological polar surface area (TPSA) is 33.2 Å². The van der Waals surface area contributed by atoms with Crippen LogP contribution in [0.25, 0.3) is 0 Å². The Hall–Kier alpha value is -0.610. The van der Waals surface area contributed by atoms with Gasteiger partial charge in [0.2, 0.25) is 0 Å². The van der Waals surface area contributed by atoms with Gasteiger partial charge < -0.3 is 4.90 Å². The van der Waals surface area contributed by atoms with Crippen LogP contribution in [0, 0.1) is 19.8 Å². The lowest BCUT2D eigenvalue weighted by Gasteiger charge is -2.33. The van der Waals surface area contributed by atoms with Gasteiger partial charge in [-0.2, -0.15) is 0 Å². The van der Waals surface area contributed by atoms with Gasteiger partial charge in [-0.1, -0.05) is 6.92 Å². The van der Waals surface area contributed by atoms with E-state index in [-0.39, 0.29) is 11.3 Å². The molecule has 1 fully saturated rings. The quantitative estimate of drug-likeness (QED) is 0.737. The molecule has 0 spiro atoms. The molecule has 1 saturated heterocycles. The highest BCUT2D eigenvalue weighted by molar-refractivity contribution is 7.13. The number of piperidine rings is 1. The van der Waals surface area contributed by atoms with Crippen LogP contribution in [0.3, 0.4) is 0 Å². The lowest BCUT2D eigenvalue weighted by molar-refractivity contribution is 0.0705. The molecular weight excluding hydrogens is 256 g/mol. The molecule has 0 saturated carbocycles. The number of carbonyl (C=O) groups excluding carboxylic acids is 1. The molecule has 2 rings (SSSR count). The van der Waals surface area contributed by atoms with Crippen molar-refractivity contribution in [3.05, 3.63) is 15.6 Å². The summed E-state index contributed by atoms with van der Waals surface area (Å²) in [5.41, 5.74) is 0.835. The predicted molar refractivity (Wildman–Crippen MR) is 70.9 cm³/mol. The minimum atomic E-state index is 0.0713. The largest absolute Gasteiger partial charge is 0.336 e. The van der Waals surface area contributed by atoms with E-state index in [1.54, 1.807) is 0 Å². The minimum Gasteiger partial charge on any atom is -0.336 e. The zero-order valence-corrected chi connectivity index (χ0v) is 11.9. The van der Waals surface area contributed by atoms with Crippen molar-refractivity contribution in [1.29, 1.82) is 0 Å². The Morgan fingerprint density at radius 3 is 2.76 bits per heavy atom. The fourth-order valence-electron chi connectivity index (χ4n) is 2.08. The van der Waals surface area contributed by atoms with Gasteiger partial charge in [0.1, 0.15) is 4.88 Å². The highest BCUT2D eigenvalue weighted by Gasteiger charge is 2.29. The molecule has 2 heterocycles. The molecule has 0 aliphatic carbocycles. The molecular formula is C12H17ClN2OS. The second-order valence-electron chi connectivity index (χ2n) is 4.68. The SMILES string of the molecule is Cc1nc(C)c(C(=O)N2CCC(C)C(Cl)C2)s1. The van der Waals surface area contributed by atoms with Crippen molar-refractivity contribution in [1.82, 2.24) is 9.88 Å². The number of amides is 1. The van der Waals surface area contributed by atoms with Crippen LogP contribution in [-0.4, -0.2) is 34.3 Å². The van der Waals surface area contributed by atoms with Gasteiger partial charge in [-0.25, -0.2) is 4.98 Å². The Labute approximate surface area is 111 Å². The van der Waals surface area contributed by atoms with Crippen LogP contribution < -0.4 is 0 Å². The highest BCUT2D eigenvalue weighted by atomic mass is 35.5. The molecule has 1 aliphatic rings. The number of rotatable bonds is 1. The van der Waals surface area contributed by atoms with Crippen molar-refractivity contribution >= 4 is 28.8 Å². The minimum absolute atomic E-state index is 0.0713.